The van der Waals surface area contributed by atoms with Crippen LogP contribution in [0.2, 0.25) is 0 Å². The van der Waals surface area contributed by atoms with Gasteiger partial charge in [0.05, 0.1) is 10.1 Å². The van der Waals surface area contributed by atoms with Crippen LogP contribution < -0.4 is 5.32 Å². The van der Waals surface area contributed by atoms with Crippen LogP contribution in [-0.4, -0.2) is 27.1 Å². The monoisotopic (exact) mass is 395 g/mol. The highest BCUT2D eigenvalue weighted by molar-refractivity contribution is 8.15. The van der Waals surface area contributed by atoms with Crippen molar-refractivity contribution in [3.8, 4) is 0 Å². The number of anilines is 1. The number of thioether (sulfide) groups is 1. The Balaban J connectivity index is 1.39. The van der Waals surface area contributed by atoms with E-state index in [1.54, 1.807) is 11.3 Å². The van der Waals surface area contributed by atoms with Gasteiger partial charge in [-0.15, -0.1) is 11.3 Å². The van der Waals surface area contributed by atoms with Gasteiger partial charge in [0.1, 0.15) is 5.25 Å². The van der Waals surface area contributed by atoms with E-state index in [4.69, 9.17) is 0 Å². The number of fused-ring (bicyclic) bond motifs is 1. The Hall–Kier alpha value is -2.51. The maximum atomic E-state index is 12.5. The number of hydrogen-bond acceptors (Lipinski definition) is 5. The van der Waals surface area contributed by atoms with Crippen LogP contribution in [0.1, 0.15) is 17.1 Å². The summed E-state index contributed by atoms with van der Waals surface area (Å²) in [7, 11) is 0. The summed E-state index contributed by atoms with van der Waals surface area (Å²) in [6, 6.07) is 13.7. The molecule has 0 saturated heterocycles. The fourth-order valence-electron chi connectivity index (χ4n) is 2.96. The summed E-state index contributed by atoms with van der Waals surface area (Å²) in [6.45, 7) is 1.94. The normalized spacial score (nSPS) is 16.6. The number of amides is 2. The minimum atomic E-state index is -0.462. The fraction of sp³-hybridized carbons (Fsp3) is 0.200. The number of aliphatic imine (C=N–C) groups is 1. The highest BCUT2D eigenvalue weighted by Crippen LogP contribution is 2.29. The molecule has 0 saturated carbocycles. The van der Waals surface area contributed by atoms with Crippen LogP contribution in [0.25, 0.3) is 10.8 Å². The van der Waals surface area contributed by atoms with E-state index in [2.05, 4.69) is 15.3 Å². The third kappa shape index (κ3) is 4.09. The van der Waals surface area contributed by atoms with E-state index in [0.29, 0.717) is 6.42 Å². The molecule has 0 aliphatic carbocycles. The third-order valence-electron chi connectivity index (χ3n) is 4.19. The summed E-state index contributed by atoms with van der Waals surface area (Å²) in [5, 5.41) is 8.16. The number of rotatable bonds is 5. The zero-order valence-electron chi connectivity index (χ0n) is 14.6. The minimum Gasteiger partial charge on any atom is -0.325 e. The van der Waals surface area contributed by atoms with E-state index >= 15 is 0 Å². The fourth-order valence-corrected chi connectivity index (χ4v) is 4.91. The second-order valence-corrected chi connectivity index (χ2v) is 8.51. The van der Waals surface area contributed by atoms with Crippen LogP contribution in [0.4, 0.5) is 5.69 Å². The average molecular weight is 396 g/mol. The maximum Gasteiger partial charge on any atom is 0.260 e. The molecule has 136 valence electrons. The van der Waals surface area contributed by atoms with Gasteiger partial charge in [0, 0.05) is 35.0 Å². The summed E-state index contributed by atoms with van der Waals surface area (Å²) in [5.74, 6) is -0.421. The van der Waals surface area contributed by atoms with Crippen molar-refractivity contribution in [1.29, 1.82) is 0 Å². The number of aromatic nitrogens is 1. The van der Waals surface area contributed by atoms with Crippen molar-refractivity contribution in [2.24, 2.45) is 4.99 Å². The Morgan fingerprint density at radius 2 is 2.00 bits per heavy atom. The van der Waals surface area contributed by atoms with Gasteiger partial charge in [0.25, 0.3) is 5.91 Å². The Labute approximate surface area is 164 Å². The van der Waals surface area contributed by atoms with E-state index in [0.717, 1.165) is 32.2 Å². The Bertz CT molecular complexity index is 1050. The largest absolute Gasteiger partial charge is 0.325 e. The van der Waals surface area contributed by atoms with Gasteiger partial charge in [-0.3, -0.25) is 9.59 Å². The summed E-state index contributed by atoms with van der Waals surface area (Å²) in [5.41, 5.74) is 1.73. The van der Waals surface area contributed by atoms with E-state index in [9.17, 15) is 9.59 Å². The first kappa shape index (κ1) is 17.9. The molecule has 4 rings (SSSR count). The van der Waals surface area contributed by atoms with Crippen LogP contribution >= 0.6 is 23.1 Å². The summed E-state index contributed by atoms with van der Waals surface area (Å²) >= 11 is 2.93. The van der Waals surface area contributed by atoms with Crippen LogP contribution in [0.5, 0.6) is 0 Å². The number of thiazole rings is 1. The predicted octanol–water partition coefficient (Wildman–Crippen LogP) is 4.22. The molecule has 7 heteroatoms. The Morgan fingerprint density at radius 1 is 1.19 bits per heavy atom. The first-order valence-electron chi connectivity index (χ1n) is 8.55. The molecule has 1 N–H and O–H groups in total. The van der Waals surface area contributed by atoms with Crippen molar-refractivity contribution >= 4 is 56.4 Å². The SMILES string of the molecule is Cc1csc(CC2=NC(=O)[C@H](CC(=O)Nc3cccc4ccccc34)S2)n1. The molecule has 2 aromatic carbocycles. The second-order valence-electron chi connectivity index (χ2n) is 6.29. The van der Waals surface area contributed by atoms with Crippen LogP contribution in [0, 0.1) is 6.92 Å². The molecule has 27 heavy (non-hydrogen) atoms. The number of benzene rings is 2. The molecule has 2 amide bonds. The van der Waals surface area contributed by atoms with Crippen LogP contribution in [0.3, 0.4) is 0 Å². The van der Waals surface area contributed by atoms with Gasteiger partial charge < -0.3 is 5.32 Å². The van der Waals surface area contributed by atoms with Crippen molar-refractivity contribution in [3.63, 3.8) is 0 Å². The zero-order valence-corrected chi connectivity index (χ0v) is 16.3. The number of carbonyl (C=O) groups is 2. The van der Waals surface area contributed by atoms with Gasteiger partial charge in [-0.05, 0) is 18.4 Å². The number of carbonyl (C=O) groups excluding carboxylic acids is 2. The lowest BCUT2D eigenvalue weighted by Crippen LogP contribution is -2.21. The maximum absolute atomic E-state index is 12.5. The molecule has 0 unspecified atom stereocenters. The smallest absolute Gasteiger partial charge is 0.260 e. The first-order chi connectivity index (χ1) is 13.1. The lowest BCUT2D eigenvalue weighted by atomic mass is 10.1. The second kappa shape index (κ2) is 7.62. The van der Waals surface area contributed by atoms with Crippen molar-refractivity contribution in [3.05, 3.63) is 58.5 Å². The zero-order chi connectivity index (χ0) is 18.8. The molecule has 1 aliphatic heterocycles. The molecule has 0 fully saturated rings. The highest BCUT2D eigenvalue weighted by Gasteiger charge is 2.30. The molecule has 2 heterocycles. The van der Waals surface area contributed by atoms with Gasteiger partial charge in [0.2, 0.25) is 5.91 Å². The topological polar surface area (TPSA) is 71.4 Å². The van der Waals surface area contributed by atoms with E-state index in [-0.39, 0.29) is 18.2 Å². The molecule has 0 bridgehead atoms. The van der Waals surface area contributed by atoms with E-state index < -0.39 is 5.25 Å². The molecule has 0 spiro atoms. The minimum absolute atomic E-state index is 0.108. The Kier molecular flexibility index (Phi) is 5.05. The van der Waals surface area contributed by atoms with Crippen molar-refractivity contribution in [2.45, 2.75) is 25.0 Å². The van der Waals surface area contributed by atoms with E-state index in [1.165, 1.54) is 11.8 Å². The van der Waals surface area contributed by atoms with Gasteiger partial charge >= 0.3 is 0 Å². The van der Waals surface area contributed by atoms with Gasteiger partial charge in [0.15, 0.2) is 0 Å². The molecule has 1 atom stereocenters. The summed E-state index contributed by atoms with van der Waals surface area (Å²) in [4.78, 5) is 33.2. The number of aryl methyl sites for hydroxylation is 1. The van der Waals surface area contributed by atoms with Crippen molar-refractivity contribution in [2.75, 3.05) is 5.32 Å². The first-order valence-corrected chi connectivity index (χ1v) is 10.3. The van der Waals surface area contributed by atoms with Crippen molar-refractivity contribution in [1.82, 2.24) is 4.98 Å². The molecule has 1 aromatic heterocycles. The lowest BCUT2D eigenvalue weighted by molar-refractivity contribution is -0.121. The lowest BCUT2D eigenvalue weighted by Gasteiger charge is -2.10. The number of nitrogens with one attached hydrogen (secondary N) is 1. The summed E-state index contributed by atoms with van der Waals surface area (Å²) < 4.78 is 0. The average Bonchev–Trinajstić information content (AvgIpc) is 3.20. The molecule has 5 nitrogen and oxygen atoms in total. The molecule has 3 aromatic rings. The van der Waals surface area contributed by atoms with Crippen molar-refractivity contribution < 1.29 is 9.59 Å². The van der Waals surface area contributed by atoms with Crippen LogP contribution in [-0.2, 0) is 16.0 Å². The predicted molar refractivity (Wildman–Crippen MR) is 112 cm³/mol. The highest BCUT2D eigenvalue weighted by atomic mass is 32.2. The van der Waals surface area contributed by atoms with Gasteiger partial charge in [-0.25, -0.2) is 9.98 Å². The number of hydrogen-bond donors (Lipinski definition) is 1. The molecule has 0 radical (unpaired) electrons. The molecule has 1 aliphatic rings. The Morgan fingerprint density at radius 3 is 2.81 bits per heavy atom. The third-order valence-corrected chi connectivity index (χ3v) is 6.32. The van der Waals surface area contributed by atoms with Crippen LogP contribution in [0.15, 0.2) is 52.8 Å². The van der Waals surface area contributed by atoms with E-state index in [1.807, 2.05) is 54.8 Å². The quantitative estimate of drug-likeness (QED) is 0.702. The molecular formula is C20H17N3O2S2. The van der Waals surface area contributed by atoms with Gasteiger partial charge in [-0.1, -0.05) is 48.2 Å². The summed E-state index contributed by atoms with van der Waals surface area (Å²) in [6.07, 6.45) is 0.660. The van der Waals surface area contributed by atoms with Gasteiger partial charge in [-0.2, -0.15) is 0 Å². The molecular weight excluding hydrogens is 378 g/mol. The standard InChI is InChI=1S/C20H17N3O2S2/c1-12-11-26-18(21-12)10-19-23-20(25)16(27-19)9-17(24)22-15-8-4-6-13-5-2-3-7-14(13)15/h2-8,11,16H,9-10H2,1H3,(H,22,24)/t16-/m0/s1. The number of nitrogens with zero attached hydrogens (tertiary/aromatic N) is 2.